The van der Waals surface area contributed by atoms with Crippen molar-refractivity contribution in [1.82, 2.24) is 9.71 Å². The molecule has 2 aromatic rings. The Balaban J connectivity index is 0.000000287. The zero-order valence-electron chi connectivity index (χ0n) is 19.0. The van der Waals surface area contributed by atoms with Gasteiger partial charge in [-0.25, -0.2) is 4.98 Å². The lowest BCUT2D eigenvalue weighted by molar-refractivity contribution is 0.104. The van der Waals surface area contributed by atoms with Crippen LogP contribution in [-0.4, -0.2) is 22.6 Å². The van der Waals surface area contributed by atoms with Crippen LogP contribution in [0, 0.1) is 12.8 Å². The van der Waals surface area contributed by atoms with Gasteiger partial charge in [0, 0.05) is 17.4 Å². The first kappa shape index (κ1) is 26.5. The molecule has 1 heterocycles. The van der Waals surface area contributed by atoms with Gasteiger partial charge in [0.25, 0.3) is 0 Å². The minimum Gasteiger partial charge on any atom is -0.382 e. The number of hydrogen-bond acceptors (Lipinski definition) is 7. The van der Waals surface area contributed by atoms with Gasteiger partial charge in [0.05, 0.1) is 0 Å². The van der Waals surface area contributed by atoms with E-state index in [1.807, 2.05) is 50.9 Å². The van der Waals surface area contributed by atoms with E-state index in [-0.39, 0.29) is 11.6 Å². The number of nitrogens with zero attached hydrogens (tertiary/aromatic N) is 1. The summed E-state index contributed by atoms with van der Waals surface area (Å²) in [5, 5.41) is 0.314. The normalized spacial score (nSPS) is 13.8. The molecule has 0 atom stereocenters. The second-order valence-corrected chi connectivity index (χ2v) is 9.46. The SMILES string of the molecule is CC.CC(C)CSNC1CCCCC1.Cc1ccccc1C(=O)c1sc(N)nc1N. The van der Waals surface area contributed by atoms with E-state index in [2.05, 4.69) is 23.6 Å². The Hall–Kier alpha value is -1.57. The van der Waals surface area contributed by atoms with Crippen LogP contribution in [-0.2, 0) is 0 Å². The number of aryl methyl sites for hydroxylation is 1. The lowest BCUT2D eigenvalue weighted by Gasteiger charge is -2.22. The van der Waals surface area contributed by atoms with Crippen molar-refractivity contribution < 1.29 is 4.79 Å². The van der Waals surface area contributed by atoms with Crippen LogP contribution in [0.25, 0.3) is 0 Å². The molecule has 0 unspecified atom stereocenters. The number of nitrogens with two attached hydrogens (primary N) is 2. The number of anilines is 2. The molecule has 0 saturated heterocycles. The highest BCUT2D eigenvalue weighted by atomic mass is 32.2. The van der Waals surface area contributed by atoms with Crippen molar-refractivity contribution in [1.29, 1.82) is 0 Å². The molecule has 0 spiro atoms. The predicted molar refractivity (Wildman–Crippen MR) is 134 cm³/mol. The van der Waals surface area contributed by atoms with E-state index in [4.69, 9.17) is 11.5 Å². The molecule has 5 N–H and O–H groups in total. The van der Waals surface area contributed by atoms with Gasteiger partial charge < -0.3 is 11.5 Å². The summed E-state index contributed by atoms with van der Waals surface area (Å²) in [6, 6.07) is 8.17. The van der Waals surface area contributed by atoms with Crippen molar-refractivity contribution in [3.05, 3.63) is 40.3 Å². The Morgan fingerprint density at radius 2 is 1.83 bits per heavy atom. The average molecular weight is 451 g/mol. The molecular formula is C23H38N4OS2. The molecule has 0 aliphatic heterocycles. The molecule has 1 aromatic carbocycles. The van der Waals surface area contributed by atoms with Crippen LogP contribution in [0.15, 0.2) is 24.3 Å². The molecule has 168 valence electrons. The third-order valence-electron chi connectivity index (χ3n) is 4.54. The van der Waals surface area contributed by atoms with Gasteiger partial charge in [0.1, 0.15) is 10.7 Å². The van der Waals surface area contributed by atoms with Crippen molar-refractivity contribution in [3.8, 4) is 0 Å². The smallest absolute Gasteiger partial charge is 0.207 e. The minimum atomic E-state index is -0.121. The fourth-order valence-electron chi connectivity index (χ4n) is 3.01. The first-order chi connectivity index (χ1) is 14.4. The Morgan fingerprint density at radius 3 is 2.37 bits per heavy atom. The zero-order chi connectivity index (χ0) is 22.5. The molecular weight excluding hydrogens is 412 g/mol. The van der Waals surface area contributed by atoms with E-state index in [9.17, 15) is 4.79 Å². The molecule has 0 radical (unpaired) electrons. The van der Waals surface area contributed by atoms with Crippen molar-refractivity contribution in [2.24, 2.45) is 5.92 Å². The van der Waals surface area contributed by atoms with Crippen LogP contribution in [0.4, 0.5) is 10.9 Å². The number of hydrogen-bond donors (Lipinski definition) is 3. The van der Waals surface area contributed by atoms with Crippen molar-refractivity contribution in [3.63, 3.8) is 0 Å². The summed E-state index contributed by atoms with van der Waals surface area (Å²) in [5.41, 5.74) is 12.7. The standard InChI is InChI=1S/C11H11N3OS.C10H21NS.C2H6/c1-6-4-2-3-5-7(6)8(15)9-10(12)14-11(13)16-9;1-9(2)8-12-11-10-6-4-3-5-7-10;1-2/h2-5H,12H2,1H3,(H2,13,14);9-11H,3-8H2,1-2H3;1-2H3. The van der Waals surface area contributed by atoms with Gasteiger partial charge in [-0.3, -0.25) is 9.52 Å². The Bertz CT molecular complexity index is 755. The third-order valence-corrected chi connectivity index (χ3v) is 6.77. The summed E-state index contributed by atoms with van der Waals surface area (Å²) in [6.07, 6.45) is 7.10. The topological polar surface area (TPSA) is 94.0 Å². The average Bonchev–Trinajstić information content (AvgIpc) is 3.08. The van der Waals surface area contributed by atoms with E-state index < -0.39 is 0 Å². The molecule has 1 saturated carbocycles. The summed E-state index contributed by atoms with van der Waals surface area (Å²) in [6.45, 7) is 10.4. The summed E-state index contributed by atoms with van der Waals surface area (Å²) in [5.74, 6) is 2.14. The van der Waals surface area contributed by atoms with Crippen LogP contribution < -0.4 is 16.2 Å². The molecule has 1 aromatic heterocycles. The summed E-state index contributed by atoms with van der Waals surface area (Å²) in [7, 11) is 0. The minimum absolute atomic E-state index is 0.121. The number of nitrogen functional groups attached to an aromatic ring is 2. The fraction of sp³-hybridized carbons (Fsp3) is 0.565. The molecule has 7 heteroatoms. The van der Waals surface area contributed by atoms with Crippen LogP contribution in [0.1, 0.15) is 80.6 Å². The lowest BCUT2D eigenvalue weighted by atomic mass is 9.96. The van der Waals surface area contributed by atoms with Gasteiger partial charge in [0.2, 0.25) is 5.78 Å². The number of thiazole rings is 1. The number of aromatic nitrogens is 1. The van der Waals surface area contributed by atoms with E-state index in [0.717, 1.165) is 28.9 Å². The van der Waals surface area contributed by atoms with Gasteiger partial charge >= 0.3 is 0 Å². The predicted octanol–water partition coefficient (Wildman–Crippen LogP) is 6.09. The second kappa shape index (κ2) is 14.4. The largest absolute Gasteiger partial charge is 0.382 e. The number of nitrogens with one attached hydrogen (secondary N) is 1. The highest BCUT2D eigenvalue weighted by molar-refractivity contribution is 7.97. The van der Waals surface area contributed by atoms with Gasteiger partial charge in [0.15, 0.2) is 5.13 Å². The maximum Gasteiger partial charge on any atom is 0.207 e. The summed E-state index contributed by atoms with van der Waals surface area (Å²) >= 11 is 3.04. The molecule has 0 bridgehead atoms. The number of carbonyl (C=O) groups is 1. The summed E-state index contributed by atoms with van der Waals surface area (Å²) < 4.78 is 3.57. The lowest BCUT2D eigenvalue weighted by Crippen LogP contribution is -2.26. The number of benzene rings is 1. The van der Waals surface area contributed by atoms with Crippen molar-refractivity contribution >= 4 is 40.0 Å². The van der Waals surface area contributed by atoms with Gasteiger partial charge in [-0.05, 0) is 31.2 Å². The molecule has 1 aliphatic carbocycles. The molecule has 3 rings (SSSR count). The second-order valence-electron chi connectivity index (χ2n) is 7.57. The number of carbonyl (C=O) groups excluding carboxylic acids is 1. The maximum atomic E-state index is 12.1. The highest BCUT2D eigenvalue weighted by Gasteiger charge is 2.18. The van der Waals surface area contributed by atoms with Crippen molar-refractivity contribution in [2.45, 2.75) is 72.8 Å². The maximum absolute atomic E-state index is 12.1. The zero-order valence-corrected chi connectivity index (χ0v) is 20.7. The molecule has 5 nitrogen and oxygen atoms in total. The molecule has 1 fully saturated rings. The molecule has 0 amide bonds. The number of ketones is 1. The van der Waals surface area contributed by atoms with Crippen LogP contribution >= 0.6 is 23.3 Å². The van der Waals surface area contributed by atoms with Crippen LogP contribution in [0.5, 0.6) is 0 Å². The Kier molecular flexibility index (Phi) is 12.7. The summed E-state index contributed by atoms with van der Waals surface area (Å²) in [4.78, 5) is 16.4. The first-order valence-corrected chi connectivity index (χ1v) is 12.7. The monoisotopic (exact) mass is 450 g/mol. The van der Waals surface area contributed by atoms with Crippen molar-refractivity contribution in [2.75, 3.05) is 17.2 Å². The van der Waals surface area contributed by atoms with Crippen LogP contribution in [0.2, 0.25) is 0 Å². The molecule has 1 aliphatic rings. The highest BCUT2D eigenvalue weighted by Crippen LogP contribution is 2.26. The first-order valence-electron chi connectivity index (χ1n) is 10.9. The van der Waals surface area contributed by atoms with Gasteiger partial charge in [-0.15, -0.1) is 0 Å². The van der Waals surface area contributed by atoms with E-state index >= 15 is 0 Å². The van der Waals surface area contributed by atoms with Gasteiger partial charge in [-0.2, -0.15) is 0 Å². The number of rotatable bonds is 6. The fourth-order valence-corrected chi connectivity index (χ4v) is 4.62. The Labute approximate surface area is 190 Å². The Morgan fingerprint density at radius 1 is 1.20 bits per heavy atom. The van der Waals surface area contributed by atoms with Crippen LogP contribution in [0.3, 0.4) is 0 Å². The van der Waals surface area contributed by atoms with Gasteiger partial charge in [-0.1, -0.05) is 94.5 Å². The van der Waals surface area contributed by atoms with E-state index in [1.165, 1.54) is 37.9 Å². The quantitative estimate of drug-likeness (QED) is 0.364. The third kappa shape index (κ3) is 9.06. The molecule has 30 heavy (non-hydrogen) atoms. The van der Waals surface area contributed by atoms with E-state index in [0.29, 0.717) is 15.6 Å². The van der Waals surface area contributed by atoms with E-state index in [1.54, 1.807) is 6.07 Å².